The van der Waals surface area contributed by atoms with Crippen molar-refractivity contribution in [3.63, 3.8) is 0 Å². The third-order valence-electron chi connectivity index (χ3n) is 2.12. The fourth-order valence-electron chi connectivity index (χ4n) is 1.28. The van der Waals surface area contributed by atoms with E-state index in [9.17, 15) is 0 Å². The van der Waals surface area contributed by atoms with Gasteiger partial charge in [0.1, 0.15) is 0 Å². The van der Waals surface area contributed by atoms with Gasteiger partial charge in [-0.05, 0) is 18.1 Å². The molecule has 0 aromatic heterocycles. The highest BCUT2D eigenvalue weighted by molar-refractivity contribution is 5.53. The molecule has 0 amide bonds. The first kappa shape index (κ1) is 9.96. The second kappa shape index (κ2) is 3.73. The summed E-state index contributed by atoms with van der Waals surface area (Å²) in [4.78, 5) is 0. The average Bonchev–Trinajstić information content (AvgIpc) is 2.18. The second-order valence-electron chi connectivity index (χ2n) is 3.37. The molecule has 13 heavy (non-hydrogen) atoms. The topological polar surface area (TPSA) is 46.2 Å². The van der Waals surface area contributed by atoms with E-state index in [1.54, 1.807) is 13.0 Å². The maximum Gasteiger partial charge on any atom is 0.0650 e. The number of hydrogen-bond acceptors (Lipinski definition) is 2. The van der Waals surface area contributed by atoms with Gasteiger partial charge in [-0.1, -0.05) is 36.9 Å². The molecule has 0 unspecified atom stereocenters. The minimum Gasteiger partial charge on any atom is -0.394 e. The summed E-state index contributed by atoms with van der Waals surface area (Å²) < 4.78 is 0. The highest BCUT2D eigenvalue weighted by atomic mass is 16.3. The van der Waals surface area contributed by atoms with Crippen LogP contribution in [0.1, 0.15) is 18.1 Å². The number of nitrogens with two attached hydrogens (primary N) is 1. The van der Waals surface area contributed by atoms with E-state index in [4.69, 9.17) is 10.8 Å². The van der Waals surface area contributed by atoms with Crippen molar-refractivity contribution in [3.8, 4) is 0 Å². The zero-order chi connectivity index (χ0) is 9.90. The Balaban J connectivity index is 3.20. The minimum atomic E-state index is -0.690. The van der Waals surface area contributed by atoms with Crippen molar-refractivity contribution in [1.29, 1.82) is 0 Å². The summed E-state index contributed by atoms with van der Waals surface area (Å²) in [5, 5.41) is 9.11. The van der Waals surface area contributed by atoms with Crippen molar-refractivity contribution in [2.24, 2.45) is 5.73 Å². The van der Waals surface area contributed by atoms with Gasteiger partial charge in [-0.2, -0.15) is 0 Å². The van der Waals surface area contributed by atoms with Gasteiger partial charge in [0.2, 0.25) is 0 Å². The van der Waals surface area contributed by atoms with Crippen LogP contribution in [-0.2, 0) is 5.54 Å². The summed E-state index contributed by atoms with van der Waals surface area (Å²) in [6.45, 7) is 5.43. The molecular weight excluding hydrogens is 162 g/mol. The van der Waals surface area contributed by atoms with Crippen molar-refractivity contribution in [1.82, 2.24) is 0 Å². The first-order valence-corrected chi connectivity index (χ1v) is 4.23. The van der Waals surface area contributed by atoms with Crippen LogP contribution >= 0.6 is 0 Å². The van der Waals surface area contributed by atoms with E-state index < -0.39 is 5.54 Å². The molecule has 0 spiro atoms. The molecular formula is C11H15NO. The maximum atomic E-state index is 9.11. The number of benzene rings is 1. The van der Waals surface area contributed by atoms with E-state index >= 15 is 0 Å². The number of hydrogen-bond donors (Lipinski definition) is 2. The van der Waals surface area contributed by atoms with Crippen molar-refractivity contribution >= 4 is 6.08 Å². The van der Waals surface area contributed by atoms with Gasteiger partial charge in [-0.3, -0.25) is 0 Å². The van der Waals surface area contributed by atoms with E-state index in [-0.39, 0.29) is 6.61 Å². The van der Waals surface area contributed by atoms with Crippen LogP contribution in [0, 0.1) is 0 Å². The molecule has 0 radical (unpaired) electrons. The summed E-state index contributed by atoms with van der Waals surface area (Å²) in [7, 11) is 0. The third kappa shape index (κ3) is 1.97. The molecule has 0 fully saturated rings. The first-order valence-electron chi connectivity index (χ1n) is 4.23. The molecule has 1 atom stereocenters. The van der Waals surface area contributed by atoms with Crippen molar-refractivity contribution in [2.45, 2.75) is 12.5 Å². The van der Waals surface area contributed by atoms with Crippen molar-refractivity contribution in [3.05, 3.63) is 42.0 Å². The summed E-state index contributed by atoms with van der Waals surface area (Å²) in [6, 6.07) is 7.67. The van der Waals surface area contributed by atoms with Gasteiger partial charge in [-0.15, -0.1) is 0 Å². The Bertz CT molecular complexity index is 305. The maximum absolute atomic E-state index is 9.11. The van der Waals surface area contributed by atoms with E-state index in [1.807, 2.05) is 24.3 Å². The smallest absolute Gasteiger partial charge is 0.0650 e. The first-order chi connectivity index (χ1) is 6.11. The van der Waals surface area contributed by atoms with Crippen LogP contribution < -0.4 is 5.73 Å². The van der Waals surface area contributed by atoms with Crippen LogP contribution in [0.2, 0.25) is 0 Å². The van der Waals surface area contributed by atoms with Gasteiger partial charge in [-0.25, -0.2) is 0 Å². The van der Waals surface area contributed by atoms with Crippen LogP contribution in [0.15, 0.2) is 30.8 Å². The van der Waals surface area contributed by atoms with E-state index in [2.05, 4.69) is 6.58 Å². The molecule has 0 bridgehead atoms. The highest BCUT2D eigenvalue weighted by Crippen LogP contribution is 2.21. The van der Waals surface area contributed by atoms with Crippen LogP contribution in [-0.4, -0.2) is 11.7 Å². The number of rotatable bonds is 3. The van der Waals surface area contributed by atoms with Gasteiger partial charge in [0.15, 0.2) is 0 Å². The lowest BCUT2D eigenvalue weighted by Gasteiger charge is -2.24. The third-order valence-corrected chi connectivity index (χ3v) is 2.12. The number of aliphatic hydroxyl groups is 1. The fourth-order valence-corrected chi connectivity index (χ4v) is 1.28. The average molecular weight is 177 g/mol. The monoisotopic (exact) mass is 177 g/mol. The Hall–Kier alpha value is -1.12. The van der Waals surface area contributed by atoms with Gasteiger partial charge in [0, 0.05) is 0 Å². The van der Waals surface area contributed by atoms with Gasteiger partial charge in [0.05, 0.1) is 12.1 Å². The predicted molar refractivity (Wildman–Crippen MR) is 55.2 cm³/mol. The summed E-state index contributed by atoms with van der Waals surface area (Å²) in [5.74, 6) is 0. The largest absolute Gasteiger partial charge is 0.394 e. The van der Waals surface area contributed by atoms with Crippen molar-refractivity contribution < 1.29 is 5.11 Å². The Kier molecular flexibility index (Phi) is 2.86. The molecule has 1 rings (SSSR count). The summed E-state index contributed by atoms with van der Waals surface area (Å²) in [6.07, 6.45) is 1.75. The predicted octanol–water partition coefficient (Wildman–Crippen LogP) is 1.50. The van der Waals surface area contributed by atoms with Crippen molar-refractivity contribution in [2.75, 3.05) is 6.61 Å². The molecule has 0 aliphatic rings. The molecule has 3 N–H and O–H groups in total. The summed E-state index contributed by atoms with van der Waals surface area (Å²) >= 11 is 0. The Morgan fingerprint density at radius 1 is 1.54 bits per heavy atom. The van der Waals surface area contributed by atoms with E-state index in [0.29, 0.717) is 0 Å². The van der Waals surface area contributed by atoms with Crippen LogP contribution in [0.5, 0.6) is 0 Å². The zero-order valence-electron chi connectivity index (χ0n) is 7.83. The lowest BCUT2D eigenvalue weighted by molar-refractivity contribution is 0.210. The molecule has 70 valence electrons. The number of aliphatic hydroxyl groups excluding tert-OH is 1. The molecule has 0 aliphatic carbocycles. The molecule has 1 aromatic carbocycles. The Morgan fingerprint density at radius 2 is 2.15 bits per heavy atom. The normalized spacial score (nSPS) is 15.0. The van der Waals surface area contributed by atoms with Gasteiger partial charge < -0.3 is 10.8 Å². The highest BCUT2D eigenvalue weighted by Gasteiger charge is 2.21. The van der Waals surface area contributed by atoms with E-state index in [1.165, 1.54) is 0 Å². The molecule has 2 heteroatoms. The van der Waals surface area contributed by atoms with Gasteiger partial charge >= 0.3 is 0 Å². The minimum absolute atomic E-state index is 0.0716. The molecule has 0 saturated carbocycles. The zero-order valence-corrected chi connectivity index (χ0v) is 7.83. The van der Waals surface area contributed by atoms with Gasteiger partial charge in [0.25, 0.3) is 0 Å². The standard InChI is InChI=1S/C11H15NO/c1-3-9-6-4-5-7-10(9)11(2,12)8-13/h3-7,13H,1,8,12H2,2H3/t11-/m1/s1. The lowest BCUT2D eigenvalue weighted by Crippen LogP contribution is -2.37. The fraction of sp³-hybridized carbons (Fsp3) is 0.273. The van der Waals surface area contributed by atoms with Crippen LogP contribution in [0.3, 0.4) is 0 Å². The summed E-state index contributed by atoms with van der Waals surface area (Å²) in [5.41, 5.74) is 7.12. The quantitative estimate of drug-likeness (QED) is 0.735. The van der Waals surface area contributed by atoms with Crippen LogP contribution in [0.25, 0.3) is 6.08 Å². The molecule has 1 aromatic rings. The molecule has 0 saturated heterocycles. The van der Waals surface area contributed by atoms with E-state index in [0.717, 1.165) is 11.1 Å². The molecule has 2 nitrogen and oxygen atoms in total. The molecule has 0 heterocycles. The lowest BCUT2D eigenvalue weighted by atomic mass is 9.90. The second-order valence-corrected chi connectivity index (χ2v) is 3.37. The molecule has 0 aliphatic heterocycles. The SMILES string of the molecule is C=Cc1ccccc1[C@](C)(N)CO. The van der Waals surface area contributed by atoms with Crippen LogP contribution in [0.4, 0.5) is 0 Å². The Morgan fingerprint density at radius 3 is 2.69 bits per heavy atom. The Labute approximate surface area is 78.7 Å².